The molecule has 1 atom stereocenters. The third-order valence-electron chi connectivity index (χ3n) is 2.56. The zero-order chi connectivity index (χ0) is 12.7. The van der Waals surface area contributed by atoms with Gasteiger partial charge in [0.25, 0.3) is 0 Å². The second-order valence-corrected chi connectivity index (χ2v) is 3.70. The van der Waals surface area contributed by atoms with E-state index in [0.29, 0.717) is 13.0 Å². The Labute approximate surface area is 102 Å². The normalized spacial score (nSPS) is 11.9. The molecule has 0 radical (unpaired) electrons. The summed E-state index contributed by atoms with van der Waals surface area (Å²) >= 11 is 0. The number of hydrogen-bond acceptors (Lipinski definition) is 4. The molecule has 1 unspecified atom stereocenters. The van der Waals surface area contributed by atoms with Gasteiger partial charge in [-0.3, -0.25) is 4.79 Å². The number of para-hydroxylation sites is 1. The van der Waals surface area contributed by atoms with Crippen molar-refractivity contribution in [2.75, 3.05) is 20.3 Å². The van der Waals surface area contributed by atoms with Crippen LogP contribution in [0.1, 0.15) is 12.5 Å². The number of methoxy groups -OCH3 is 1. The van der Waals surface area contributed by atoms with Gasteiger partial charge in [-0.15, -0.1) is 0 Å². The number of carbonyl (C=O) groups is 1. The van der Waals surface area contributed by atoms with Crippen LogP contribution in [-0.2, 0) is 16.0 Å². The lowest BCUT2D eigenvalue weighted by Gasteiger charge is -2.15. The van der Waals surface area contributed by atoms with E-state index < -0.39 is 0 Å². The van der Waals surface area contributed by atoms with Gasteiger partial charge in [0.1, 0.15) is 5.75 Å². The Morgan fingerprint density at radius 1 is 1.41 bits per heavy atom. The molecule has 1 aromatic carbocycles. The summed E-state index contributed by atoms with van der Waals surface area (Å²) in [5.41, 5.74) is 6.57. The number of carbonyl (C=O) groups excluding carboxylic acids is 1. The molecule has 2 N–H and O–H groups in total. The average Bonchev–Trinajstić information content (AvgIpc) is 2.36. The van der Waals surface area contributed by atoms with Crippen LogP contribution in [0.15, 0.2) is 24.3 Å². The first-order valence-corrected chi connectivity index (χ1v) is 5.71. The highest BCUT2D eigenvalue weighted by Crippen LogP contribution is 2.21. The van der Waals surface area contributed by atoms with Crippen LogP contribution in [0.25, 0.3) is 0 Å². The Morgan fingerprint density at radius 3 is 2.71 bits per heavy atom. The highest BCUT2D eigenvalue weighted by molar-refractivity contribution is 5.73. The number of benzene rings is 1. The maximum absolute atomic E-state index is 11.6. The van der Waals surface area contributed by atoms with Gasteiger partial charge in [-0.25, -0.2) is 0 Å². The zero-order valence-electron chi connectivity index (χ0n) is 10.3. The Hall–Kier alpha value is -1.55. The van der Waals surface area contributed by atoms with Crippen molar-refractivity contribution in [2.45, 2.75) is 13.3 Å². The highest BCUT2D eigenvalue weighted by atomic mass is 16.5. The first-order valence-electron chi connectivity index (χ1n) is 5.71. The molecule has 0 aliphatic carbocycles. The Bertz CT molecular complexity index is 365. The Kier molecular flexibility index (Phi) is 5.49. The molecule has 0 saturated heterocycles. The standard InChI is InChI=1S/C13H19NO3/c1-3-17-13(15)11(9-14)8-10-6-4-5-7-12(10)16-2/h4-7,11H,3,8-9,14H2,1-2H3. The van der Waals surface area contributed by atoms with Gasteiger partial charge in [-0.2, -0.15) is 0 Å². The molecular weight excluding hydrogens is 218 g/mol. The summed E-state index contributed by atoms with van der Waals surface area (Å²) in [5.74, 6) is 0.211. The van der Waals surface area contributed by atoms with E-state index in [1.54, 1.807) is 14.0 Å². The first kappa shape index (κ1) is 13.5. The molecule has 0 fully saturated rings. The highest BCUT2D eigenvalue weighted by Gasteiger charge is 2.19. The smallest absolute Gasteiger partial charge is 0.310 e. The van der Waals surface area contributed by atoms with Crippen LogP contribution in [0.3, 0.4) is 0 Å². The van der Waals surface area contributed by atoms with E-state index in [2.05, 4.69) is 0 Å². The fraction of sp³-hybridized carbons (Fsp3) is 0.462. The molecule has 0 spiro atoms. The van der Waals surface area contributed by atoms with Crippen molar-refractivity contribution in [3.8, 4) is 5.75 Å². The second kappa shape index (κ2) is 6.91. The van der Waals surface area contributed by atoms with Gasteiger partial charge in [-0.1, -0.05) is 18.2 Å². The molecule has 0 aromatic heterocycles. The summed E-state index contributed by atoms with van der Waals surface area (Å²) in [6, 6.07) is 7.61. The molecule has 17 heavy (non-hydrogen) atoms. The molecule has 4 heteroatoms. The van der Waals surface area contributed by atoms with E-state index in [1.165, 1.54) is 0 Å². The average molecular weight is 237 g/mol. The fourth-order valence-corrected chi connectivity index (χ4v) is 1.66. The van der Waals surface area contributed by atoms with Crippen molar-refractivity contribution < 1.29 is 14.3 Å². The number of hydrogen-bond donors (Lipinski definition) is 1. The van der Waals surface area contributed by atoms with Crippen LogP contribution < -0.4 is 10.5 Å². The van der Waals surface area contributed by atoms with E-state index in [1.807, 2.05) is 24.3 Å². The van der Waals surface area contributed by atoms with Gasteiger partial charge >= 0.3 is 5.97 Å². The second-order valence-electron chi connectivity index (χ2n) is 3.70. The van der Waals surface area contributed by atoms with Gasteiger partial charge in [0.15, 0.2) is 0 Å². The molecule has 0 saturated carbocycles. The lowest BCUT2D eigenvalue weighted by molar-refractivity contribution is -0.147. The van der Waals surface area contributed by atoms with Gasteiger partial charge in [0.05, 0.1) is 19.6 Å². The Balaban J connectivity index is 2.76. The van der Waals surface area contributed by atoms with E-state index in [0.717, 1.165) is 11.3 Å². The van der Waals surface area contributed by atoms with Crippen LogP contribution in [0, 0.1) is 5.92 Å². The minimum absolute atomic E-state index is 0.249. The third-order valence-corrected chi connectivity index (χ3v) is 2.56. The molecular formula is C13H19NO3. The summed E-state index contributed by atoms with van der Waals surface area (Å²) in [7, 11) is 1.61. The number of ether oxygens (including phenoxy) is 2. The maximum Gasteiger partial charge on any atom is 0.310 e. The molecule has 1 aromatic rings. The molecule has 94 valence electrons. The van der Waals surface area contributed by atoms with E-state index >= 15 is 0 Å². The zero-order valence-corrected chi connectivity index (χ0v) is 10.3. The van der Waals surface area contributed by atoms with Crippen molar-refractivity contribution in [3.05, 3.63) is 29.8 Å². The first-order chi connectivity index (χ1) is 8.22. The molecule has 0 aliphatic rings. The van der Waals surface area contributed by atoms with Gasteiger partial charge in [0.2, 0.25) is 0 Å². The largest absolute Gasteiger partial charge is 0.496 e. The monoisotopic (exact) mass is 237 g/mol. The summed E-state index contributed by atoms with van der Waals surface area (Å²) < 4.78 is 10.2. The van der Waals surface area contributed by atoms with Crippen LogP contribution in [0.2, 0.25) is 0 Å². The minimum Gasteiger partial charge on any atom is -0.496 e. The molecule has 0 aliphatic heterocycles. The molecule has 1 rings (SSSR count). The summed E-state index contributed by atoms with van der Waals surface area (Å²) in [5, 5.41) is 0. The molecule has 4 nitrogen and oxygen atoms in total. The van der Waals surface area contributed by atoms with Gasteiger partial charge in [0, 0.05) is 6.54 Å². The van der Waals surface area contributed by atoms with Crippen molar-refractivity contribution in [3.63, 3.8) is 0 Å². The lowest BCUT2D eigenvalue weighted by Crippen LogP contribution is -2.27. The lowest BCUT2D eigenvalue weighted by atomic mass is 9.99. The molecule has 0 amide bonds. The minimum atomic E-state index is -0.314. The SMILES string of the molecule is CCOC(=O)C(CN)Cc1ccccc1OC. The fourth-order valence-electron chi connectivity index (χ4n) is 1.66. The van der Waals surface area contributed by atoms with Crippen LogP contribution in [0.4, 0.5) is 0 Å². The number of esters is 1. The van der Waals surface area contributed by atoms with Gasteiger partial charge < -0.3 is 15.2 Å². The van der Waals surface area contributed by atoms with Gasteiger partial charge in [-0.05, 0) is 25.0 Å². The van der Waals surface area contributed by atoms with Crippen molar-refractivity contribution in [1.82, 2.24) is 0 Å². The molecule has 0 bridgehead atoms. The van der Waals surface area contributed by atoms with Crippen LogP contribution in [-0.4, -0.2) is 26.2 Å². The van der Waals surface area contributed by atoms with Crippen LogP contribution in [0.5, 0.6) is 5.75 Å². The topological polar surface area (TPSA) is 61.5 Å². The van der Waals surface area contributed by atoms with Crippen molar-refractivity contribution >= 4 is 5.97 Å². The third kappa shape index (κ3) is 3.75. The van der Waals surface area contributed by atoms with Crippen molar-refractivity contribution in [1.29, 1.82) is 0 Å². The summed E-state index contributed by atoms with van der Waals surface area (Å²) in [6.45, 7) is 2.44. The number of rotatable bonds is 6. The maximum atomic E-state index is 11.6. The number of nitrogens with two attached hydrogens (primary N) is 1. The van der Waals surface area contributed by atoms with E-state index in [9.17, 15) is 4.79 Å². The van der Waals surface area contributed by atoms with Crippen molar-refractivity contribution in [2.24, 2.45) is 11.7 Å². The predicted octanol–water partition coefficient (Wildman–Crippen LogP) is 1.38. The Morgan fingerprint density at radius 2 is 2.12 bits per heavy atom. The van der Waals surface area contributed by atoms with Crippen LogP contribution >= 0.6 is 0 Å². The summed E-state index contributed by atoms with van der Waals surface area (Å²) in [4.78, 5) is 11.6. The van der Waals surface area contributed by atoms with E-state index in [-0.39, 0.29) is 18.4 Å². The van der Waals surface area contributed by atoms with E-state index in [4.69, 9.17) is 15.2 Å². The predicted molar refractivity (Wildman–Crippen MR) is 65.9 cm³/mol. The summed E-state index contributed by atoms with van der Waals surface area (Å²) in [6.07, 6.45) is 0.541. The molecule has 0 heterocycles. The quantitative estimate of drug-likeness (QED) is 0.759.